The molecule has 0 radical (unpaired) electrons. The number of rotatable bonds is 1. The average Bonchev–Trinajstić information content (AvgIpc) is 2.58. The fourth-order valence-corrected chi connectivity index (χ4v) is 2.21. The molecule has 4 heteroatoms. The van der Waals surface area contributed by atoms with Crippen molar-refractivity contribution >= 4 is 0 Å². The van der Waals surface area contributed by atoms with Crippen molar-refractivity contribution < 1.29 is 5.11 Å². The van der Waals surface area contributed by atoms with Crippen LogP contribution in [0.1, 0.15) is 31.4 Å². The lowest BCUT2D eigenvalue weighted by Crippen LogP contribution is -2.42. The van der Waals surface area contributed by atoms with Crippen molar-refractivity contribution in [3.05, 3.63) is 18.2 Å². The highest BCUT2D eigenvalue weighted by Gasteiger charge is 2.34. The van der Waals surface area contributed by atoms with E-state index in [1.165, 1.54) is 0 Å². The maximum absolute atomic E-state index is 9.43. The number of nitrogens with two attached hydrogens (primary N) is 1. The molecule has 1 aromatic heterocycles. The summed E-state index contributed by atoms with van der Waals surface area (Å²) in [4.78, 5) is 4.08. The number of hydrogen-bond donors (Lipinski definition) is 2. The number of aromatic nitrogens is 2. The van der Waals surface area contributed by atoms with E-state index in [9.17, 15) is 5.11 Å². The molecule has 0 aliphatic heterocycles. The summed E-state index contributed by atoms with van der Waals surface area (Å²) in [6, 6.07) is 0. The third-order valence-corrected chi connectivity index (χ3v) is 3.17. The molecule has 1 aliphatic rings. The van der Waals surface area contributed by atoms with Crippen molar-refractivity contribution in [1.82, 2.24) is 9.55 Å². The molecule has 78 valence electrons. The first-order chi connectivity index (χ1) is 6.62. The zero-order chi connectivity index (χ0) is 10.2. The van der Waals surface area contributed by atoms with E-state index in [0.717, 1.165) is 31.4 Å². The highest BCUT2D eigenvalue weighted by atomic mass is 16.3. The van der Waals surface area contributed by atoms with Crippen LogP contribution in [0.5, 0.6) is 0 Å². The van der Waals surface area contributed by atoms with Gasteiger partial charge in [-0.3, -0.25) is 0 Å². The van der Waals surface area contributed by atoms with Crippen LogP contribution in [0.4, 0.5) is 0 Å². The molecule has 0 aromatic carbocycles. The molecular weight excluding hydrogens is 178 g/mol. The minimum Gasteiger partial charge on any atom is -0.393 e. The summed E-state index contributed by atoms with van der Waals surface area (Å²) in [7, 11) is 1.96. The van der Waals surface area contributed by atoms with Gasteiger partial charge < -0.3 is 15.4 Å². The Bertz CT molecular complexity index is 313. The van der Waals surface area contributed by atoms with E-state index >= 15 is 0 Å². The Balaban J connectivity index is 2.21. The van der Waals surface area contributed by atoms with Crippen molar-refractivity contribution in [2.75, 3.05) is 0 Å². The summed E-state index contributed by atoms with van der Waals surface area (Å²) < 4.78 is 1.97. The predicted octanol–water partition coefficient (Wildman–Crippen LogP) is 0.509. The lowest BCUT2D eigenvalue weighted by Gasteiger charge is -2.35. The summed E-state index contributed by atoms with van der Waals surface area (Å²) in [6.07, 6.45) is 6.71. The van der Waals surface area contributed by atoms with E-state index in [0.29, 0.717) is 0 Å². The van der Waals surface area contributed by atoms with Gasteiger partial charge in [0.15, 0.2) is 0 Å². The molecule has 0 bridgehead atoms. The van der Waals surface area contributed by atoms with E-state index in [1.807, 2.05) is 17.8 Å². The first-order valence-electron chi connectivity index (χ1n) is 5.05. The van der Waals surface area contributed by atoms with Gasteiger partial charge >= 0.3 is 0 Å². The van der Waals surface area contributed by atoms with Crippen LogP contribution in [-0.4, -0.2) is 20.8 Å². The molecule has 1 aromatic rings. The molecular formula is C10H17N3O. The Hall–Kier alpha value is -0.870. The Morgan fingerprint density at radius 3 is 2.71 bits per heavy atom. The van der Waals surface area contributed by atoms with E-state index in [-0.39, 0.29) is 11.6 Å². The van der Waals surface area contributed by atoms with Crippen LogP contribution < -0.4 is 5.73 Å². The number of aryl methyl sites for hydroxylation is 1. The summed E-state index contributed by atoms with van der Waals surface area (Å²) in [6.45, 7) is 0. The maximum Gasteiger partial charge on any atom is 0.0946 e. The SMILES string of the molecule is Cn1cncc1C1(N)CCC(O)CC1. The maximum atomic E-state index is 9.43. The summed E-state index contributed by atoms with van der Waals surface area (Å²) >= 11 is 0. The molecule has 14 heavy (non-hydrogen) atoms. The standard InChI is InChI=1S/C10H17N3O/c1-13-7-12-6-9(13)10(11)4-2-8(14)3-5-10/h6-8,14H,2-5,11H2,1H3. The van der Waals surface area contributed by atoms with Crippen LogP contribution >= 0.6 is 0 Å². The fraction of sp³-hybridized carbons (Fsp3) is 0.700. The Kier molecular flexibility index (Phi) is 2.33. The second-order valence-corrected chi connectivity index (χ2v) is 4.28. The third kappa shape index (κ3) is 1.55. The van der Waals surface area contributed by atoms with Crippen molar-refractivity contribution in [1.29, 1.82) is 0 Å². The Morgan fingerprint density at radius 2 is 2.21 bits per heavy atom. The van der Waals surface area contributed by atoms with Crippen molar-refractivity contribution in [3.63, 3.8) is 0 Å². The van der Waals surface area contributed by atoms with Gasteiger partial charge in [-0.15, -0.1) is 0 Å². The van der Waals surface area contributed by atoms with Gasteiger partial charge in [-0.2, -0.15) is 0 Å². The lowest BCUT2D eigenvalue weighted by molar-refractivity contribution is 0.0947. The number of imidazole rings is 1. The normalized spacial score (nSPS) is 33.2. The molecule has 1 saturated carbocycles. The highest BCUT2D eigenvalue weighted by Crippen LogP contribution is 2.34. The van der Waals surface area contributed by atoms with Crippen LogP contribution in [0.15, 0.2) is 12.5 Å². The van der Waals surface area contributed by atoms with Gasteiger partial charge in [-0.1, -0.05) is 0 Å². The fourth-order valence-electron chi connectivity index (χ4n) is 2.21. The van der Waals surface area contributed by atoms with Crippen LogP contribution in [0.2, 0.25) is 0 Å². The molecule has 1 fully saturated rings. The molecule has 0 unspecified atom stereocenters. The van der Waals surface area contributed by atoms with Crippen LogP contribution in [0.3, 0.4) is 0 Å². The second-order valence-electron chi connectivity index (χ2n) is 4.28. The van der Waals surface area contributed by atoms with Gasteiger partial charge in [0, 0.05) is 13.2 Å². The number of hydrogen-bond acceptors (Lipinski definition) is 3. The van der Waals surface area contributed by atoms with Crippen molar-refractivity contribution in [2.45, 2.75) is 37.3 Å². The summed E-state index contributed by atoms with van der Waals surface area (Å²) in [5.41, 5.74) is 7.10. The van der Waals surface area contributed by atoms with Gasteiger partial charge in [0.25, 0.3) is 0 Å². The number of aliphatic hydroxyl groups is 1. The van der Waals surface area contributed by atoms with Crippen LogP contribution in [0, 0.1) is 0 Å². The number of nitrogens with zero attached hydrogens (tertiary/aromatic N) is 2. The van der Waals surface area contributed by atoms with Gasteiger partial charge in [-0.05, 0) is 25.7 Å². The third-order valence-electron chi connectivity index (χ3n) is 3.17. The smallest absolute Gasteiger partial charge is 0.0946 e. The Morgan fingerprint density at radius 1 is 1.57 bits per heavy atom. The predicted molar refractivity (Wildman–Crippen MR) is 53.5 cm³/mol. The largest absolute Gasteiger partial charge is 0.393 e. The molecule has 3 N–H and O–H groups in total. The zero-order valence-electron chi connectivity index (χ0n) is 8.48. The molecule has 0 spiro atoms. The van der Waals surface area contributed by atoms with Gasteiger partial charge in [0.2, 0.25) is 0 Å². The van der Waals surface area contributed by atoms with Gasteiger partial charge in [0.05, 0.1) is 23.7 Å². The van der Waals surface area contributed by atoms with E-state index in [4.69, 9.17) is 5.73 Å². The average molecular weight is 195 g/mol. The molecule has 2 rings (SSSR count). The summed E-state index contributed by atoms with van der Waals surface area (Å²) in [5.74, 6) is 0. The van der Waals surface area contributed by atoms with Crippen LogP contribution in [0.25, 0.3) is 0 Å². The molecule has 4 nitrogen and oxygen atoms in total. The monoisotopic (exact) mass is 195 g/mol. The van der Waals surface area contributed by atoms with Crippen LogP contribution in [-0.2, 0) is 12.6 Å². The quantitative estimate of drug-likeness (QED) is 0.686. The lowest BCUT2D eigenvalue weighted by atomic mass is 9.79. The van der Waals surface area contributed by atoms with Gasteiger partial charge in [-0.25, -0.2) is 4.98 Å². The molecule has 1 aliphatic carbocycles. The van der Waals surface area contributed by atoms with E-state index < -0.39 is 0 Å². The highest BCUT2D eigenvalue weighted by molar-refractivity contribution is 5.14. The Labute approximate surface area is 83.8 Å². The van der Waals surface area contributed by atoms with Crippen molar-refractivity contribution in [2.24, 2.45) is 12.8 Å². The minimum absolute atomic E-state index is 0.167. The van der Waals surface area contributed by atoms with Gasteiger partial charge in [0.1, 0.15) is 0 Å². The molecule has 0 amide bonds. The molecule has 1 heterocycles. The van der Waals surface area contributed by atoms with E-state index in [2.05, 4.69) is 4.98 Å². The first-order valence-corrected chi connectivity index (χ1v) is 5.05. The first kappa shape index (κ1) is 9.68. The second kappa shape index (κ2) is 3.37. The molecule has 0 saturated heterocycles. The zero-order valence-corrected chi connectivity index (χ0v) is 8.48. The summed E-state index contributed by atoms with van der Waals surface area (Å²) in [5, 5.41) is 9.43. The minimum atomic E-state index is -0.287. The number of aliphatic hydroxyl groups excluding tert-OH is 1. The topological polar surface area (TPSA) is 64.1 Å². The molecule has 0 atom stereocenters. The van der Waals surface area contributed by atoms with Crippen molar-refractivity contribution in [3.8, 4) is 0 Å². The van der Waals surface area contributed by atoms with E-state index in [1.54, 1.807) is 6.33 Å².